The van der Waals surface area contributed by atoms with Crippen molar-refractivity contribution in [2.45, 2.75) is 6.54 Å². The Morgan fingerprint density at radius 3 is 2.50 bits per heavy atom. The topological polar surface area (TPSA) is 79.2 Å². The standard InChI is InChI=1S/C11H18N4O/c1-13-6-7-14-8-9-2-4-10(5-3-9)15-11(12)16/h2-5,13-14H,6-8H2,1H3,(H3,12,15,16). The van der Waals surface area contributed by atoms with Crippen molar-refractivity contribution in [1.82, 2.24) is 10.6 Å². The van der Waals surface area contributed by atoms with Gasteiger partial charge in [0.25, 0.3) is 0 Å². The number of primary amides is 1. The predicted octanol–water partition coefficient (Wildman–Crippen LogP) is 0.486. The zero-order valence-corrected chi connectivity index (χ0v) is 9.42. The van der Waals surface area contributed by atoms with Crippen LogP contribution in [-0.4, -0.2) is 26.2 Å². The van der Waals surface area contributed by atoms with Crippen molar-refractivity contribution in [2.24, 2.45) is 5.73 Å². The lowest BCUT2D eigenvalue weighted by Gasteiger charge is -2.06. The van der Waals surface area contributed by atoms with Gasteiger partial charge in [0.15, 0.2) is 0 Å². The Hall–Kier alpha value is -1.59. The average molecular weight is 222 g/mol. The van der Waals surface area contributed by atoms with Crippen LogP contribution in [0.25, 0.3) is 0 Å². The fourth-order valence-electron chi connectivity index (χ4n) is 1.29. The van der Waals surface area contributed by atoms with Crippen LogP contribution in [0.4, 0.5) is 10.5 Å². The highest BCUT2D eigenvalue weighted by molar-refractivity contribution is 5.87. The molecule has 1 aromatic carbocycles. The Labute approximate surface area is 95.4 Å². The molecule has 1 aromatic rings. The first-order chi connectivity index (χ1) is 7.72. The van der Waals surface area contributed by atoms with Gasteiger partial charge in [-0.15, -0.1) is 0 Å². The average Bonchev–Trinajstić information content (AvgIpc) is 2.26. The molecular formula is C11H18N4O. The molecule has 0 saturated carbocycles. The fourth-order valence-corrected chi connectivity index (χ4v) is 1.29. The van der Waals surface area contributed by atoms with Crippen molar-refractivity contribution in [3.8, 4) is 0 Å². The number of nitrogens with one attached hydrogen (secondary N) is 3. The summed E-state index contributed by atoms with van der Waals surface area (Å²) in [6.45, 7) is 2.69. The molecule has 0 spiro atoms. The maximum atomic E-state index is 10.6. The summed E-state index contributed by atoms with van der Waals surface area (Å²) in [4.78, 5) is 10.6. The van der Waals surface area contributed by atoms with E-state index in [1.54, 1.807) is 0 Å². The SMILES string of the molecule is CNCCNCc1ccc(NC(N)=O)cc1. The maximum absolute atomic E-state index is 10.6. The lowest BCUT2D eigenvalue weighted by molar-refractivity contribution is 0.259. The van der Waals surface area contributed by atoms with Gasteiger partial charge >= 0.3 is 6.03 Å². The molecule has 0 atom stereocenters. The maximum Gasteiger partial charge on any atom is 0.316 e. The number of nitrogens with two attached hydrogens (primary N) is 1. The molecular weight excluding hydrogens is 204 g/mol. The van der Waals surface area contributed by atoms with E-state index in [4.69, 9.17) is 5.73 Å². The van der Waals surface area contributed by atoms with Gasteiger partial charge in [0.1, 0.15) is 0 Å². The molecule has 0 heterocycles. The first kappa shape index (κ1) is 12.5. The Morgan fingerprint density at radius 2 is 1.94 bits per heavy atom. The number of hydrogen-bond acceptors (Lipinski definition) is 3. The molecule has 88 valence electrons. The summed E-state index contributed by atoms with van der Waals surface area (Å²) in [7, 11) is 1.92. The number of hydrogen-bond donors (Lipinski definition) is 4. The van der Waals surface area contributed by atoms with Crippen LogP contribution in [0.2, 0.25) is 0 Å². The second-order valence-corrected chi connectivity index (χ2v) is 3.47. The van der Waals surface area contributed by atoms with Crippen molar-refractivity contribution in [1.29, 1.82) is 0 Å². The molecule has 16 heavy (non-hydrogen) atoms. The molecule has 0 saturated heterocycles. The van der Waals surface area contributed by atoms with E-state index in [0.29, 0.717) is 5.69 Å². The number of urea groups is 1. The summed E-state index contributed by atoms with van der Waals surface area (Å²) < 4.78 is 0. The molecule has 0 fully saturated rings. The molecule has 2 amide bonds. The van der Waals surface area contributed by atoms with E-state index in [2.05, 4.69) is 16.0 Å². The highest BCUT2D eigenvalue weighted by atomic mass is 16.2. The molecule has 0 aromatic heterocycles. The number of anilines is 1. The first-order valence-corrected chi connectivity index (χ1v) is 5.23. The normalized spacial score (nSPS) is 10.1. The number of amides is 2. The smallest absolute Gasteiger partial charge is 0.316 e. The quantitative estimate of drug-likeness (QED) is 0.529. The van der Waals surface area contributed by atoms with Gasteiger partial charge in [0.2, 0.25) is 0 Å². The van der Waals surface area contributed by atoms with Crippen LogP contribution >= 0.6 is 0 Å². The minimum absolute atomic E-state index is 0.542. The van der Waals surface area contributed by atoms with Gasteiger partial charge in [-0.25, -0.2) is 4.79 Å². The molecule has 0 aliphatic carbocycles. The molecule has 0 bridgehead atoms. The van der Waals surface area contributed by atoms with Crippen molar-refractivity contribution in [3.05, 3.63) is 29.8 Å². The van der Waals surface area contributed by atoms with Gasteiger partial charge in [-0.1, -0.05) is 12.1 Å². The Bertz CT molecular complexity index is 323. The number of carbonyl (C=O) groups excluding carboxylic acids is 1. The highest BCUT2D eigenvalue weighted by Gasteiger charge is 1.96. The number of rotatable bonds is 6. The first-order valence-electron chi connectivity index (χ1n) is 5.23. The molecule has 0 radical (unpaired) electrons. The summed E-state index contributed by atoms with van der Waals surface area (Å²) in [6, 6.07) is 7.04. The Morgan fingerprint density at radius 1 is 1.25 bits per heavy atom. The molecule has 0 aliphatic heterocycles. The summed E-state index contributed by atoms with van der Waals surface area (Å²) >= 11 is 0. The highest BCUT2D eigenvalue weighted by Crippen LogP contribution is 2.08. The number of likely N-dealkylation sites (N-methyl/N-ethyl adjacent to an activating group) is 1. The zero-order valence-electron chi connectivity index (χ0n) is 9.42. The van der Waals surface area contributed by atoms with E-state index in [0.717, 1.165) is 19.6 Å². The molecule has 5 heteroatoms. The minimum atomic E-state index is -0.542. The second kappa shape index (κ2) is 6.81. The van der Waals surface area contributed by atoms with Gasteiger partial charge in [0.05, 0.1) is 0 Å². The van der Waals surface area contributed by atoms with Crippen molar-refractivity contribution < 1.29 is 4.79 Å². The van der Waals surface area contributed by atoms with Crippen LogP contribution in [0.3, 0.4) is 0 Å². The monoisotopic (exact) mass is 222 g/mol. The van der Waals surface area contributed by atoms with Crippen LogP contribution < -0.4 is 21.7 Å². The summed E-state index contributed by atoms with van der Waals surface area (Å²) in [6.07, 6.45) is 0. The van der Waals surface area contributed by atoms with E-state index in [-0.39, 0.29) is 0 Å². The predicted molar refractivity (Wildman–Crippen MR) is 65.3 cm³/mol. The molecule has 1 rings (SSSR count). The third-order valence-corrected chi connectivity index (χ3v) is 2.10. The van der Waals surface area contributed by atoms with Gasteiger partial charge in [-0.05, 0) is 24.7 Å². The van der Waals surface area contributed by atoms with E-state index in [9.17, 15) is 4.79 Å². The largest absolute Gasteiger partial charge is 0.351 e. The van der Waals surface area contributed by atoms with Gasteiger partial charge in [0, 0.05) is 25.3 Å². The third kappa shape index (κ3) is 4.77. The van der Waals surface area contributed by atoms with Crippen LogP contribution in [0.1, 0.15) is 5.56 Å². The van der Waals surface area contributed by atoms with Crippen LogP contribution in [0, 0.1) is 0 Å². The van der Waals surface area contributed by atoms with Gasteiger partial charge in [-0.2, -0.15) is 0 Å². The van der Waals surface area contributed by atoms with E-state index in [1.807, 2.05) is 31.3 Å². The molecule has 5 N–H and O–H groups in total. The molecule has 0 unspecified atom stereocenters. The number of carbonyl (C=O) groups is 1. The third-order valence-electron chi connectivity index (χ3n) is 2.10. The van der Waals surface area contributed by atoms with Crippen molar-refractivity contribution in [2.75, 3.05) is 25.5 Å². The van der Waals surface area contributed by atoms with Gasteiger partial charge < -0.3 is 21.7 Å². The molecule has 5 nitrogen and oxygen atoms in total. The Kier molecular flexibility index (Phi) is 5.31. The minimum Gasteiger partial charge on any atom is -0.351 e. The van der Waals surface area contributed by atoms with Crippen molar-refractivity contribution in [3.63, 3.8) is 0 Å². The zero-order chi connectivity index (χ0) is 11.8. The molecule has 0 aliphatic rings. The van der Waals surface area contributed by atoms with Crippen LogP contribution in [0.15, 0.2) is 24.3 Å². The summed E-state index contributed by atoms with van der Waals surface area (Å²) in [5.74, 6) is 0. The van der Waals surface area contributed by atoms with E-state index < -0.39 is 6.03 Å². The van der Waals surface area contributed by atoms with Crippen molar-refractivity contribution >= 4 is 11.7 Å². The summed E-state index contributed by atoms with van der Waals surface area (Å²) in [5, 5.41) is 8.87. The fraction of sp³-hybridized carbons (Fsp3) is 0.364. The second-order valence-electron chi connectivity index (χ2n) is 3.47. The van der Waals surface area contributed by atoms with E-state index in [1.165, 1.54) is 5.56 Å². The van der Waals surface area contributed by atoms with E-state index >= 15 is 0 Å². The number of benzene rings is 1. The van der Waals surface area contributed by atoms with Crippen LogP contribution in [-0.2, 0) is 6.54 Å². The Balaban J connectivity index is 2.36. The lowest BCUT2D eigenvalue weighted by atomic mass is 10.2. The van der Waals surface area contributed by atoms with Crippen LogP contribution in [0.5, 0.6) is 0 Å². The summed E-state index contributed by atoms with van der Waals surface area (Å²) in [5.41, 5.74) is 6.89. The van der Waals surface area contributed by atoms with Gasteiger partial charge in [-0.3, -0.25) is 0 Å². The lowest BCUT2D eigenvalue weighted by Crippen LogP contribution is -2.24.